The number of hydrogen-bond acceptors (Lipinski definition) is 5. The number of nitrogens with zero attached hydrogens (tertiary/aromatic N) is 1. The van der Waals surface area contributed by atoms with Crippen molar-refractivity contribution in [1.29, 1.82) is 5.26 Å². The number of hydrogen-bond donors (Lipinski definition) is 3. The summed E-state index contributed by atoms with van der Waals surface area (Å²) < 4.78 is 28.5. The molecule has 0 bridgehead atoms. The molecule has 1 amide bonds. The molecule has 3 N–H and O–H groups in total. The highest BCUT2D eigenvalue weighted by molar-refractivity contribution is 9.10. The second-order valence-corrected chi connectivity index (χ2v) is 9.21. The topological polar surface area (TPSA) is 119 Å². The van der Waals surface area contributed by atoms with E-state index >= 15 is 0 Å². The van der Waals surface area contributed by atoms with Crippen LogP contribution in [0.4, 0.5) is 5.69 Å². The van der Waals surface area contributed by atoms with Gasteiger partial charge in [-0.15, -0.1) is 0 Å². The average molecular weight is 464 g/mol. The Kier molecular flexibility index (Phi) is 5.37. The Morgan fingerprint density at radius 3 is 2.54 bits per heavy atom. The summed E-state index contributed by atoms with van der Waals surface area (Å²) in [5.74, 6) is -0.786. The van der Waals surface area contributed by atoms with E-state index in [0.717, 1.165) is 6.42 Å². The summed E-state index contributed by atoms with van der Waals surface area (Å²) in [6.07, 6.45) is 2.20. The molecule has 1 fully saturated rings. The molecular weight excluding hydrogens is 446 g/mol. The summed E-state index contributed by atoms with van der Waals surface area (Å²) in [5.41, 5.74) is 0.274. The molecule has 2 aromatic rings. The van der Waals surface area contributed by atoms with E-state index in [2.05, 4.69) is 32.0 Å². The number of phenolic OH excluding ortho intramolecular Hbond substituents is 1. The van der Waals surface area contributed by atoms with Crippen LogP contribution in [-0.2, 0) is 15.4 Å². The molecule has 28 heavy (non-hydrogen) atoms. The number of benzene rings is 2. The number of phenols is 1. The number of nitrogens with one attached hydrogen (secondary N) is 2. The largest absolute Gasteiger partial charge is 0.507 e. The summed E-state index contributed by atoms with van der Waals surface area (Å²) in [6, 6.07) is 11.0. The monoisotopic (exact) mass is 463 g/mol. The van der Waals surface area contributed by atoms with Crippen LogP contribution in [0.15, 0.2) is 45.8 Å². The van der Waals surface area contributed by atoms with Crippen LogP contribution in [0.3, 0.4) is 0 Å². The Bertz CT molecular complexity index is 1090. The minimum Gasteiger partial charge on any atom is -0.507 e. The summed E-state index contributed by atoms with van der Waals surface area (Å²) in [5, 5.41) is 22.1. The lowest BCUT2D eigenvalue weighted by atomic mass is 9.65. The summed E-state index contributed by atoms with van der Waals surface area (Å²) in [6.45, 7) is 0. The minimum absolute atomic E-state index is 0.150. The van der Waals surface area contributed by atoms with Crippen LogP contribution in [-0.4, -0.2) is 26.5 Å². The van der Waals surface area contributed by atoms with Gasteiger partial charge in [0.2, 0.25) is 0 Å². The Morgan fingerprint density at radius 2 is 1.96 bits per heavy atom. The van der Waals surface area contributed by atoms with Crippen LogP contribution >= 0.6 is 15.9 Å². The van der Waals surface area contributed by atoms with Gasteiger partial charge < -0.3 is 10.4 Å². The number of carbonyl (C=O) groups is 1. The van der Waals surface area contributed by atoms with Gasteiger partial charge in [-0.05, 0) is 61.2 Å². The molecule has 0 atom stereocenters. The molecule has 1 aliphatic carbocycles. The van der Waals surface area contributed by atoms with Crippen molar-refractivity contribution in [2.45, 2.75) is 29.6 Å². The van der Waals surface area contributed by atoms with Crippen molar-refractivity contribution < 1.29 is 18.3 Å². The van der Waals surface area contributed by atoms with Crippen molar-refractivity contribution in [2.24, 2.45) is 0 Å². The van der Waals surface area contributed by atoms with Crippen LogP contribution in [0, 0.1) is 11.3 Å². The van der Waals surface area contributed by atoms with Crippen LogP contribution in [0.5, 0.6) is 5.75 Å². The SMILES string of the molecule is CNC(=O)c1cc(NS(=O)(=O)c2cc(Br)ccc2O)cc(C2(C#N)CCC2)c1. The molecule has 0 heterocycles. The predicted molar refractivity (Wildman–Crippen MR) is 108 cm³/mol. The van der Waals surface area contributed by atoms with Gasteiger partial charge in [-0.1, -0.05) is 15.9 Å². The van der Waals surface area contributed by atoms with Gasteiger partial charge in [-0.2, -0.15) is 5.26 Å². The van der Waals surface area contributed by atoms with Crippen LogP contribution in [0.2, 0.25) is 0 Å². The molecule has 0 aromatic heterocycles. The number of rotatable bonds is 5. The number of nitriles is 1. The molecule has 0 aliphatic heterocycles. The molecule has 7 nitrogen and oxygen atoms in total. The third-order valence-corrected chi connectivity index (χ3v) is 6.76. The third-order valence-electron chi connectivity index (χ3n) is 4.86. The quantitative estimate of drug-likeness (QED) is 0.628. The normalized spacial score (nSPS) is 15.2. The molecule has 9 heteroatoms. The molecule has 1 saturated carbocycles. The summed E-state index contributed by atoms with van der Waals surface area (Å²) in [7, 11) is -2.64. The maximum Gasteiger partial charge on any atom is 0.265 e. The maximum atomic E-state index is 12.8. The zero-order chi connectivity index (χ0) is 20.5. The average Bonchev–Trinajstić information content (AvgIpc) is 2.62. The molecular formula is C19H18BrN3O4S. The molecule has 1 aliphatic rings. The number of aromatic hydroxyl groups is 1. The lowest BCUT2D eigenvalue weighted by Crippen LogP contribution is -2.33. The predicted octanol–water partition coefficient (Wildman–Crippen LogP) is 3.26. The van der Waals surface area contributed by atoms with E-state index < -0.39 is 21.2 Å². The van der Waals surface area contributed by atoms with E-state index in [-0.39, 0.29) is 22.1 Å². The van der Waals surface area contributed by atoms with Gasteiger partial charge in [-0.25, -0.2) is 8.42 Å². The molecule has 3 rings (SSSR count). The smallest absolute Gasteiger partial charge is 0.265 e. The first-order valence-electron chi connectivity index (χ1n) is 8.51. The minimum atomic E-state index is -4.12. The van der Waals surface area contributed by atoms with Crippen molar-refractivity contribution in [1.82, 2.24) is 5.32 Å². The fourth-order valence-electron chi connectivity index (χ4n) is 3.15. The summed E-state index contributed by atoms with van der Waals surface area (Å²) >= 11 is 3.19. The highest BCUT2D eigenvalue weighted by Gasteiger charge is 2.39. The van der Waals surface area contributed by atoms with Gasteiger partial charge in [0.25, 0.3) is 15.9 Å². The van der Waals surface area contributed by atoms with Crippen LogP contribution in [0.1, 0.15) is 35.2 Å². The van der Waals surface area contributed by atoms with E-state index in [1.807, 2.05) is 0 Å². The van der Waals surface area contributed by atoms with E-state index in [4.69, 9.17) is 0 Å². The lowest BCUT2D eigenvalue weighted by Gasteiger charge is -2.36. The van der Waals surface area contributed by atoms with Gasteiger partial charge in [0.1, 0.15) is 10.6 Å². The number of anilines is 1. The summed E-state index contributed by atoms with van der Waals surface area (Å²) in [4.78, 5) is 11.9. The Hall–Kier alpha value is -2.57. The second-order valence-electron chi connectivity index (χ2n) is 6.64. The molecule has 2 aromatic carbocycles. The first-order chi connectivity index (χ1) is 13.2. The zero-order valence-corrected chi connectivity index (χ0v) is 17.4. The Balaban J connectivity index is 2.07. The number of halogens is 1. The van der Waals surface area contributed by atoms with Crippen molar-refractivity contribution >= 4 is 37.5 Å². The highest BCUT2D eigenvalue weighted by Crippen LogP contribution is 2.44. The standard InChI is InChI=1S/C19H18BrN3O4S/c1-22-18(25)12-7-13(19(11-21)5-2-6-19)9-15(8-12)23-28(26,27)17-10-14(20)3-4-16(17)24/h3-4,7-10,23-24H,2,5-6H2,1H3,(H,22,25). The molecule has 0 unspecified atom stereocenters. The molecule has 0 spiro atoms. The number of carbonyl (C=O) groups excluding carboxylic acids is 1. The van der Waals surface area contributed by atoms with Gasteiger partial charge in [0, 0.05) is 22.8 Å². The zero-order valence-electron chi connectivity index (χ0n) is 15.0. The van der Waals surface area contributed by atoms with E-state index in [0.29, 0.717) is 22.9 Å². The van der Waals surface area contributed by atoms with E-state index in [9.17, 15) is 23.6 Å². The van der Waals surface area contributed by atoms with Crippen molar-refractivity contribution in [3.8, 4) is 11.8 Å². The van der Waals surface area contributed by atoms with Crippen molar-refractivity contribution in [3.05, 3.63) is 52.0 Å². The van der Waals surface area contributed by atoms with Crippen LogP contribution in [0.25, 0.3) is 0 Å². The highest BCUT2D eigenvalue weighted by atomic mass is 79.9. The van der Waals surface area contributed by atoms with E-state index in [1.54, 1.807) is 12.1 Å². The molecule has 146 valence electrons. The Morgan fingerprint density at radius 1 is 1.25 bits per heavy atom. The fourth-order valence-corrected chi connectivity index (χ4v) is 4.82. The van der Waals surface area contributed by atoms with Crippen molar-refractivity contribution in [3.63, 3.8) is 0 Å². The lowest BCUT2D eigenvalue weighted by molar-refractivity contribution is 0.0963. The van der Waals surface area contributed by atoms with Crippen molar-refractivity contribution in [2.75, 3.05) is 11.8 Å². The van der Waals surface area contributed by atoms with Gasteiger partial charge >= 0.3 is 0 Å². The molecule has 0 saturated heterocycles. The fraction of sp³-hybridized carbons (Fsp3) is 0.263. The van der Waals surface area contributed by atoms with Crippen LogP contribution < -0.4 is 10.0 Å². The number of sulfonamides is 1. The van der Waals surface area contributed by atoms with Gasteiger partial charge in [0.15, 0.2) is 0 Å². The second kappa shape index (κ2) is 7.45. The number of amides is 1. The van der Waals surface area contributed by atoms with Gasteiger partial charge in [0.05, 0.1) is 11.5 Å². The van der Waals surface area contributed by atoms with E-state index in [1.165, 1.54) is 31.3 Å². The first-order valence-corrected chi connectivity index (χ1v) is 10.8. The molecule has 0 radical (unpaired) electrons. The first kappa shape index (κ1) is 20.2. The third kappa shape index (κ3) is 3.70. The Labute approximate surface area is 171 Å². The maximum absolute atomic E-state index is 12.8. The van der Waals surface area contributed by atoms with Gasteiger partial charge in [-0.3, -0.25) is 9.52 Å².